The van der Waals surface area contributed by atoms with E-state index >= 15 is 0 Å². The summed E-state index contributed by atoms with van der Waals surface area (Å²) in [7, 11) is 1.94. The van der Waals surface area contributed by atoms with Gasteiger partial charge in [0.25, 0.3) is 0 Å². The maximum atomic E-state index is 4.19. The van der Waals surface area contributed by atoms with Gasteiger partial charge in [0.05, 0.1) is 17.9 Å². The molecule has 1 aliphatic carbocycles. The molecule has 3 heteroatoms. The quantitative estimate of drug-likeness (QED) is 0.855. The Kier molecular flexibility index (Phi) is 2.39. The van der Waals surface area contributed by atoms with Gasteiger partial charge < -0.3 is 5.32 Å². The molecule has 0 saturated carbocycles. The van der Waals surface area contributed by atoms with Crippen molar-refractivity contribution < 1.29 is 0 Å². The summed E-state index contributed by atoms with van der Waals surface area (Å²) >= 11 is 0. The Bertz CT molecular complexity index is 530. The Balaban J connectivity index is 1.88. The highest BCUT2D eigenvalue weighted by Gasteiger charge is 2.28. The first-order valence-electron chi connectivity index (χ1n) is 6.07. The van der Waals surface area contributed by atoms with Gasteiger partial charge in [-0.3, -0.25) is 4.68 Å². The lowest BCUT2D eigenvalue weighted by Gasteiger charge is -2.18. The molecule has 0 aliphatic heterocycles. The molecule has 88 valence electrons. The van der Waals surface area contributed by atoms with Crippen molar-refractivity contribution in [1.82, 2.24) is 9.78 Å². The molecule has 1 aliphatic rings. The zero-order chi connectivity index (χ0) is 11.8. The monoisotopic (exact) mass is 227 g/mol. The van der Waals surface area contributed by atoms with Crippen molar-refractivity contribution in [1.29, 1.82) is 0 Å². The smallest absolute Gasteiger partial charge is 0.0731 e. The summed E-state index contributed by atoms with van der Waals surface area (Å²) in [4.78, 5) is 0. The zero-order valence-electron chi connectivity index (χ0n) is 10.2. The fraction of sp³-hybridized carbons (Fsp3) is 0.357. The Hall–Kier alpha value is -1.77. The standard InChI is InChI=1S/C14H17N3/c1-10-7-11-5-3-4-6-13(11)14(10)16-12-8-15-17(2)9-12/h3-6,8-10,14,16H,7H2,1-2H3/t10-,14+/m1/s1. The van der Waals surface area contributed by atoms with Crippen LogP contribution in [0.2, 0.25) is 0 Å². The van der Waals surface area contributed by atoms with E-state index in [0.717, 1.165) is 12.1 Å². The van der Waals surface area contributed by atoms with Crippen LogP contribution >= 0.6 is 0 Å². The van der Waals surface area contributed by atoms with E-state index in [2.05, 4.69) is 41.6 Å². The lowest BCUT2D eigenvalue weighted by Crippen LogP contribution is -2.13. The largest absolute Gasteiger partial charge is 0.375 e. The molecule has 0 amide bonds. The highest BCUT2D eigenvalue weighted by Crippen LogP contribution is 2.37. The molecule has 0 saturated heterocycles. The number of aryl methyl sites for hydroxylation is 1. The number of aromatic nitrogens is 2. The third kappa shape index (κ3) is 1.82. The zero-order valence-corrected chi connectivity index (χ0v) is 10.2. The summed E-state index contributed by atoms with van der Waals surface area (Å²) in [5.41, 5.74) is 4.01. The van der Waals surface area contributed by atoms with Crippen molar-refractivity contribution in [3.8, 4) is 0 Å². The molecule has 1 N–H and O–H groups in total. The predicted molar refractivity (Wildman–Crippen MR) is 68.9 cm³/mol. The van der Waals surface area contributed by atoms with Gasteiger partial charge >= 0.3 is 0 Å². The highest BCUT2D eigenvalue weighted by atomic mass is 15.3. The second-order valence-electron chi connectivity index (χ2n) is 4.90. The van der Waals surface area contributed by atoms with E-state index in [1.165, 1.54) is 11.1 Å². The molecule has 0 spiro atoms. The number of benzene rings is 1. The average Bonchev–Trinajstić information content (AvgIpc) is 2.85. The fourth-order valence-corrected chi connectivity index (χ4v) is 2.69. The maximum Gasteiger partial charge on any atom is 0.0731 e. The molecular weight excluding hydrogens is 210 g/mol. The van der Waals surface area contributed by atoms with E-state index in [0.29, 0.717) is 12.0 Å². The van der Waals surface area contributed by atoms with Gasteiger partial charge in [-0.1, -0.05) is 31.2 Å². The number of hydrogen-bond donors (Lipinski definition) is 1. The van der Waals surface area contributed by atoms with Crippen molar-refractivity contribution in [3.63, 3.8) is 0 Å². The molecule has 0 bridgehead atoms. The van der Waals surface area contributed by atoms with Gasteiger partial charge in [-0.25, -0.2) is 0 Å². The van der Waals surface area contributed by atoms with Crippen LogP contribution < -0.4 is 5.32 Å². The molecule has 3 nitrogen and oxygen atoms in total. The SMILES string of the molecule is C[C@@H]1Cc2ccccc2[C@H]1Nc1cnn(C)c1. The van der Waals surface area contributed by atoms with Gasteiger partial charge in [0.1, 0.15) is 0 Å². The first kappa shape index (κ1) is 10.4. The predicted octanol–water partition coefficient (Wildman–Crippen LogP) is 2.77. The van der Waals surface area contributed by atoms with Gasteiger partial charge in [0, 0.05) is 13.2 Å². The third-order valence-corrected chi connectivity index (χ3v) is 3.53. The molecule has 3 rings (SSSR count). The van der Waals surface area contributed by atoms with E-state index in [1.54, 1.807) is 0 Å². The first-order chi connectivity index (χ1) is 8.24. The highest BCUT2D eigenvalue weighted by molar-refractivity contribution is 5.46. The Morgan fingerprint density at radius 3 is 2.94 bits per heavy atom. The van der Waals surface area contributed by atoms with Crippen LogP contribution in [0.4, 0.5) is 5.69 Å². The first-order valence-corrected chi connectivity index (χ1v) is 6.07. The minimum absolute atomic E-state index is 0.412. The van der Waals surface area contributed by atoms with Crippen LogP contribution in [0.5, 0.6) is 0 Å². The molecular formula is C14H17N3. The maximum absolute atomic E-state index is 4.19. The minimum Gasteiger partial charge on any atom is -0.375 e. The van der Waals surface area contributed by atoms with Crippen molar-refractivity contribution in [2.75, 3.05) is 5.32 Å². The summed E-state index contributed by atoms with van der Waals surface area (Å²) in [6.45, 7) is 2.30. The van der Waals surface area contributed by atoms with E-state index < -0.39 is 0 Å². The molecule has 1 heterocycles. The van der Waals surface area contributed by atoms with Gasteiger partial charge in [-0.2, -0.15) is 5.10 Å². The van der Waals surface area contributed by atoms with Crippen molar-refractivity contribution in [3.05, 3.63) is 47.8 Å². The molecule has 1 aromatic heterocycles. The molecule has 1 aromatic carbocycles. The van der Waals surface area contributed by atoms with E-state index in [9.17, 15) is 0 Å². The molecule has 0 unspecified atom stereocenters. The van der Waals surface area contributed by atoms with Crippen LogP contribution in [-0.4, -0.2) is 9.78 Å². The number of hydrogen-bond acceptors (Lipinski definition) is 2. The molecule has 17 heavy (non-hydrogen) atoms. The molecule has 0 fully saturated rings. The fourth-order valence-electron chi connectivity index (χ4n) is 2.69. The van der Waals surface area contributed by atoms with Gasteiger partial charge in [-0.15, -0.1) is 0 Å². The van der Waals surface area contributed by atoms with Crippen LogP contribution in [0.25, 0.3) is 0 Å². The summed E-state index contributed by atoms with van der Waals surface area (Å²) in [6.07, 6.45) is 5.06. The topological polar surface area (TPSA) is 29.9 Å². The normalized spacial score (nSPS) is 22.5. The summed E-state index contributed by atoms with van der Waals surface area (Å²) < 4.78 is 1.83. The molecule has 0 radical (unpaired) electrons. The number of nitrogens with one attached hydrogen (secondary N) is 1. The number of anilines is 1. The summed E-state index contributed by atoms with van der Waals surface area (Å²) in [6, 6.07) is 9.12. The minimum atomic E-state index is 0.412. The lowest BCUT2D eigenvalue weighted by molar-refractivity contribution is 0.542. The third-order valence-electron chi connectivity index (χ3n) is 3.53. The van der Waals surface area contributed by atoms with Crippen molar-refractivity contribution in [2.45, 2.75) is 19.4 Å². The average molecular weight is 227 g/mol. The van der Waals surface area contributed by atoms with Crippen molar-refractivity contribution >= 4 is 5.69 Å². The van der Waals surface area contributed by atoms with E-state index in [1.807, 2.05) is 24.1 Å². The summed E-state index contributed by atoms with van der Waals surface area (Å²) in [5, 5.41) is 7.78. The van der Waals surface area contributed by atoms with Gasteiger partial charge in [-0.05, 0) is 23.5 Å². The van der Waals surface area contributed by atoms with E-state index in [4.69, 9.17) is 0 Å². The van der Waals surface area contributed by atoms with Crippen LogP contribution in [0, 0.1) is 5.92 Å². The van der Waals surface area contributed by atoms with Crippen LogP contribution in [-0.2, 0) is 13.5 Å². The van der Waals surface area contributed by atoms with Crippen molar-refractivity contribution in [2.24, 2.45) is 13.0 Å². The van der Waals surface area contributed by atoms with Crippen LogP contribution in [0.3, 0.4) is 0 Å². The number of fused-ring (bicyclic) bond motifs is 1. The second kappa shape index (κ2) is 3.91. The Morgan fingerprint density at radius 1 is 1.35 bits per heavy atom. The second-order valence-corrected chi connectivity index (χ2v) is 4.90. The lowest BCUT2D eigenvalue weighted by atomic mass is 10.0. The van der Waals surface area contributed by atoms with Gasteiger partial charge in [0.2, 0.25) is 0 Å². The number of rotatable bonds is 2. The molecule has 2 atom stereocenters. The Labute approximate surface area is 101 Å². The number of nitrogens with zero attached hydrogens (tertiary/aromatic N) is 2. The molecule has 2 aromatic rings. The van der Waals surface area contributed by atoms with Gasteiger partial charge in [0.15, 0.2) is 0 Å². The Morgan fingerprint density at radius 2 is 2.18 bits per heavy atom. The van der Waals surface area contributed by atoms with Crippen LogP contribution in [0.15, 0.2) is 36.7 Å². The summed E-state index contributed by atoms with van der Waals surface area (Å²) in [5.74, 6) is 0.632. The van der Waals surface area contributed by atoms with Crippen LogP contribution in [0.1, 0.15) is 24.1 Å². The van der Waals surface area contributed by atoms with E-state index in [-0.39, 0.29) is 0 Å².